The minimum Gasteiger partial charge on any atom is -0.206 e. The molecule has 0 amide bonds. The third kappa shape index (κ3) is 2.08. The highest BCUT2D eigenvalue weighted by Gasteiger charge is 2.17. The molecule has 4 rings (SSSR count). The van der Waals surface area contributed by atoms with E-state index in [0.29, 0.717) is 26.4 Å². The maximum absolute atomic E-state index is 13.9. The van der Waals surface area contributed by atoms with Crippen LogP contribution in [0.2, 0.25) is 5.02 Å². The van der Waals surface area contributed by atoms with E-state index >= 15 is 0 Å². The first-order chi connectivity index (χ1) is 10.7. The fraction of sp³-hybridized carbons (Fsp3) is 0. The lowest BCUT2D eigenvalue weighted by atomic mass is 10.2. The Morgan fingerprint density at radius 2 is 1.68 bits per heavy atom. The summed E-state index contributed by atoms with van der Waals surface area (Å²) in [5.74, 6) is 0.228. The van der Waals surface area contributed by atoms with Crippen LogP contribution in [0.25, 0.3) is 26.9 Å². The van der Waals surface area contributed by atoms with Crippen molar-refractivity contribution in [1.82, 2.24) is 19.8 Å². The predicted molar refractivity (Wildman–Crippen MR) is 84.5 cm³/mol. The summed E-state index contributed by atoms with van der Waals surface area (Å²) in [7, 11) is 0. The number of aromatic nitrogens is 4. The van der Waals surface area contributed by atoms with Crippen LogP contribution in [0, 0.1) is 5.82 Å². The summed E-state index contributed by atoms with van der Waals surface area (Å²) in [5.41, 5.74) is 1.19. The quantitative estimate of drug-likeness (QED) is 0.550. The highest BCUT2D eigenvalue weighted by Crippen LogP contribution is 2.31. The maximum atomic E-state index is 13.9. The van der Waals surface area contributed by atoms with Gasteiger partial charge in [0, 0.05) is 11.1 Å². The molecule has 0 fully saturated rings. The van der Waals surface area contributed by atoms with E-state index in [1.165, 1.54) is 17.4 Å². The van der Waals surface area contributed by atoms with Gasteiger partial charge in [-0.2, -0.15) is 9.61 Å². The number of rotatable bonds is 2. The van der Waals surface area contributed by atoms with E-state index in [2.05, 4.69) is 15.3 Å². The second kappa shape index (κ2) is 5.15. The first kappa shape index (κ1) is 13.4. The number of hydrogen-bond acceptors (Lipinski definition) is 4. The van der Waals surface area contributed by atoms with Crippen molar-refractivity contribution < 1.29 is 4.39 Å². The molecule has 0 saturated heterocycles. The second-order valence-corrected chi connectivity index (χ2v) is 5.95. The van der Waals surface area contributed by atoms with Gasteiger partial charge in [-0.1, -0.05) is 47.2 Å². The fourth-order valence-electron chi connectivity index (χ4n) is 2.17. The summed E-state index contributed by atoms with van der Waals surface area (Å²) in [4.78, 5) is 0.591. The zero-order valence-corrected chi connectivity index (χ0v) is 12.6. The van der Waals surface area contributed by atoms with Crippen LogP contribution in [-0.4, -0.2) is 19.8 Å². The minimum atomic E-state index is -0.313. The van der Waals surface area contributed by atoms with Gasteiger partial charge in [0.25, 0.3) is 0 Å². The number of halogens is 2. The molecule has 0 spiro atoms. The Hall–Kier alpha value is -2.31. The molecule has 0 unspecified atom stereocenters. The largest absolute Gasteiger partial charge is 0.235 e. The van der Waals surface area contributed by atoms with E-state index < -0.39 is 0 Å². The summed E-state index contributed by atoms with van der Waals surface area (Å²) >= 11 is 7.48. The van der Waals surface area contributed by atoms with Crippen LogP contribution in [0.5, 0.6) is 0 Å². The summed E-state index contributed by atoms with van der Waals surface area (Å²) in [5, 5.41) is 13.8. The van der Waals surface area contributed by atoms with Crippen molar-refractivity contribution >= 4 is 27.9 Å². The zero-order valence-electron chi connectivity index (χ0n) is 11.1. The Morgan fingerprint density at radius 1 is 0.955 bits per heavy atom. The van der Waals surface area contributed by atoms with Crippen LogP contribution in [-0.2, 0) is 0 Å². The molecule has 0 aliphatic carbocycles. The molecule has 4 nitrogen and oxygen atoms in total. The Balaban J connectivity index is 1.91. The smallest absolute Gasteiger partial charge is 0.206 e. The van der Waals surface area contributed by atoms with Crippen molar-refractivity contribution in [2.24, 2.45) is 0 Å². The van der Waals surface area contributed by atoms with E-state index in [1.54, 1.807) is 28.8 Å². The van der Waals surface area contributed by atoms with Gasteiger partial charge in [-0.05, 0) is 24.3 Å². The molecular weight excluding hydrogens is 323 g/mol. The lowest BCUT2D eigenvalue weighted by molar-refractivity contribution is 0.631. The van der Waals surface area contributed by atoms with Gasteiger partial charge < -0.3 is 0 Å². The number of benzene rings is 2. The molecule has 108 valence electrons. The van der Waals surface area contributed by atoms with Crippen LogP contribution in [0.3, 0.4) is 0 Å². The number of hydrogen-bond donors (Lipinski definition) is 0. The van der Waals surface area contributed by atoms with Crippen LogP contribution in [0.15, 0.2) is 48.5 Å². The van der Waals surface area contributed by atoms with Gasteiger partial charge in [0.2, 0.25) is 4.96 Å². The Labute approximate surface area is 133 Å². The molecule has 4 aromatic rings. The molecule has 7 heteroatoms. The summed E-state index contributed by atoms with van der Waals surface area (Å²) in [6, 6.07) is 13.9. The van der Waals surface area contributed by atoms with Gasteiger partial charge in [-0.15, -0.1) is 10.2 Å². The third-order valence-electron chi connectivity index (χ3n) is 3.21. The van der Waals surface area contributed by atoms with Gasteiger partial charge in [0.15, 0.2) is 10.8 Å². The molecule has 2 aromatic carbocycles. The second-order valence-electron chi connectivity index (χ2n) is 4.58. The Kier molecular flexibility index (Phi) is 3.13. The monoisotopic (exact) mass is 330 g/mol. The summed E-state index contributed by atoms with van der Waals surface area (Å²) in [6.45, 7) is 0. The average molecular weight is 331 g/mol. The van der Waals surface area contributed by atoms with Crippen LogP contribution >= 0.6 is 22.9 Å². The predicted octanol–water partition coefficient (Wildman–Crippen LogP) is 4.31. The molecule has 0 N–H and O–H groups in total. The van der Waals surface area contributed by atoms with Gasteiger partial charge in [-0.25, -0.2) is 4.39 Å². The molecule has 0 atom stereocenters. The van der Waals surface area contributed by atoms with Gasteiger partial charge >= 0.3 is 0 Å². The van der Waals surface area contributed by atoms with Crippen molar-refractivity contribution in [3.63, 3.8) is 0 Å². The van der Waals surface area contributed by atoms with Gasteiger partial charge in [0.05, 0.1) is 5.02 Å². The lowest BCUT2D eigenvalue weighted by Crippen LogP contribution is -1.92. The molecular formula is C15H8ClFN4S. The van der Waals surface area contributed by atoms with Crippen LogP contribution in [0.4, 0.5) is 4.39 Å². The molecule has 0 saturated carbocycles. The molecule has 2 heterocycles. The fourth-order valence-corrected chi connectivity index (χ4v) is 3.26. The number of fused-ring (bicyclic) bond motifs is 1. The molecule has 22 heavy (non-hydrogen) atoms. The highest BCUT2D eigenvalue weighted by molar-refractivity contribution is 7.19. The average Bonchev–Trinajstić information content (AvgIpc) is 3.09. The van der Waals surface area contributed by atoms with Crippen LogP contribution in [0.1, 0.15) is 0 Å². The standard InChI is InChI=1S/C15H8ClFN4S/c16-11-7-3-1-5-9(11)13-18-19-15-21(13)20-14(22-15)10-6-2-4-8-12(10)17/h1-8H. The number of nitrogens with zero attached hydrogens (tertiary/aromatic N) is 4. The lowest BCUT2D eigenvalue weighted by Gasteiger charge is -2.00. The zero-order chi connectivity index (χ0) is 15.1. The highest BCUT2D eigenvalue weighted by atomic mass is 35.5. The van der Waals surface area contributed by atoms with E-state index in [9.17, 15) is 4.39 Å². The van der Waals surface area contributed by atoms with E-state index in [1.807, 2.05) is 18.2 Å². The van der Waals surface area contributed by atoms with Crippen molar-refractivity contribution in [3.05, 3.63) is 59.4 Å². The van der Waals surface area contributed by atoms with E-state index in [0.717, 1.165) is 5.56 Å². The first-order valence-electron chi connectivity index (χ1n) is 6.46. The van der Waals surface area contributed by atoms with Crippen molar-refractivity contribution in [2.45, 2.75) is 0 Å². The molecule has 0 radical (unpaired) electrons. The molecule has 2 aromatic heterocycles. The molecule has 0 aliphatic rings. The minimum absolute atomic E-state index is 0.313. The van der Waals surface area contributed by atoms with Crippen LogP contribution < -0.4 is 0 Å². The van der Waals surface area contributed by atoms with Gasteiger partial charge in [-0.3, -0.25) is 0 Å². The third-order valence-corrected chi connectivity index (χ3v) is 4.47. The molecule has 0 aliphatic heterocycles. The normalized spacial score (nSPS) is 11.2. The Morgan fingerprint density at radius 3 is 2.45 bits per heavy atom. The SMILES string of the molecule is Fc1ccccc1-c1nn2c(-c3ccccc3Cl)nnc2s1. The van der Waals surface area contributed by atoms with Gasteiger partial charge in [0.1, 0.15) is 5.82 Å². The van der Waals surface area contributed by atoms with Crippen molar-refractivity contribution in [1.29, 1.82) is 0 Å². The topological polar surface area (TPSA) is 43.1 Å². The Bertz CT molecular complexity index is 979. The van der Waals surface area contributed by atoms with Crippen molar-refractivity contribution in [3.8, 4) is 22.0 Å². The first-order valence-corrected chi connectivity index (χ1v) is 7.65. The maximum Gasteiger partial charge on any atom is 0.235 e. The molecule has 0 bridgehead atoms. The summed E-state index contributed by atoms with van der Waals surface area (Å²) < 4.78 is 15.5. The van der Waals surface area contributed by atoms with E-state index in [4.69, 9.17) is 11.6 Å². The van der Waals surface area contributed by atoms with Crippen molar-refractivity contribution in [2.75, 3.05) is 0 Å². The summed E-state index contributed by atoms with van der Waals surface area (Å²) in [6.07, 6.45) is 0. The van der Waals surface area contributed by atoms with E-state index in [-0.39, 0.29) is 5.82 Å².